The van der Waals surface area contributed by atoms with E-state index >= 15 is 0 Å². The summed E-state index contributed by atoms with van der Waals surface area (Å²) in [6.07, 6.45) is 0. The lowest BCUT2D eigenvalue weighted by molar-refractivity contribution is 0.0944. The van der Waals surface area contributed by atoms with Crippen molar-refractivity contribution in [1.29, 1.82) is 5.26 Å². The Morgan fingerprint density at radius 3 is 2.48 bits per heavy atom. The monoisotopic (exact) mass is 455 g/mol. The lowest BCUT2D eigenvalue weighted by atomic mass is 10.1. The Bertz CT molecular complexity index is 1210. The van der Waals surface area contributed by atoms with E-state index in [0.29, 0.717) is 27.0 Å². The molecule has 2 aromatic carbocycles. The second-order valence-electron chi connectivity index (χ2n) is 7.12. The van der Waals surface area contributed by atoms with Gasteiger partial charge in [-0.3, -0.25) is 9.59 Å². The summed E-state index contributed by atoms with van der Waals surface area (Å²) in [5.41, 5.74) is 1.75. The highest BCUT2D eigenvalue weighted by Crippen LogP contribution is 2.27. The van der Waals surface area contributed by atoms with Crippen LogP contribution in [0.5, 0.6) is 0 Å². The molecule has 0 radical (unpaired) electrons. The molecule has 158 valence electrons. The van der Waals surface area contributed by atoms with Crippen LogP contribution in [0.15, 0.2) is 42.5 Å². The molecule has 2 N–H and O–H groups in total. The van der Waals surface area contributed by atoms with Gasteiger partial charge < -0.3 is 10.6 Å². The minimum Gasteiger partial charge on any atom is -0.350 e. The number of aromatic nitrogens is 2. The molecular weight excluding hydrogens is 437 g/mol. The Morgan fingerprint density at radius 1 is 1.13 bits per heavy atom. The molecule has 2 amide bonds. The zero-order valence-corrected chi connectivity index (χ0v) is 18.5. The van der Waals surface area contributed by atoms with Crippen molar-refractivity contribution in [3.05, 3.63) is 75.0 Å². The Labute approximate surface area is 189 Å². The van der Waals surface area contributed by atoms with E-state index in [9.17, 15) is 14.9 Å². The number of anilines is 1. The highest BCUT2D eigenvalue weighted by molar-refractivity contribution is 6.32. The predicted molar refractivity (Wildman–Crippen MR) is 120 cm³/mol. The van der Waals surface area contributed by atoms with E-state index in [-0.39, 0.29) is 28.9 Å². The van der Waals surface area contributed by atoms with Crippen molar-refractivity contribution in [3.8, 4) is 11.8 Å². The van der Waals surface area contributed by atoms with Crippen LogP contribution in [0.4, 0.5) is 5.69 Å². The minimum absolute atomic E-state index is 0.0515. The predicted octanol–water partition coefficient (Wildman–Crippen LogP) is 4.75. The number of para-hydroxylation sites is 1. The maximum absolute atomic E-state index is 13.2. The number of nitriles is 1. The summed E-state index contributed by atoms with van der Waals surface area (Å²) >= 11 is 12.4. The molecule has 0 aliphatic carbocycles. The van der Waals surface area contributed by atoms with Crippen LogP contribution < -0.4 is 10.6 Å². The van der Waals surface area contributed by atoms with Gasteiger partial charge in [0.15, 0.2) is 5.69 Å². The zero-order valence-electron chi connectivity index (χ0n) is 17.0. The average molecular weight is 456 g/mol. The second-order valence-corrected chi connectivity index (χ2v) is 7.96. The molecule has 7 nitrogen and oxygen atoms in total. The first kappa shape index (κ1) is 22.3. The number of hydrogen-bond acceptors (Lipinski definition) is 4. The molecule has 0 saturated carbocycles. The number of halogens is 2. The average Bonchev–Trinajstić information content (AvgIpc) is 3.14. The molecule has 9 heteroatoms. The van der Waals surface area contributed by atoms with Gasteiger partial charge in [0, 0.05) is 17.1 Å². The van der Waals surface area contributed by atoms with Crippen molar-refractivity contribution < 1.29 is 9.59 Å². The van der Waals surface area contributed by atoms with E-state index < -0.39 is 5.91 Å². The number of rotatable bonds is 5. The Kier molecular flexibility index (Phi) is 6.64. The highest BCUT2D eigenvalue weighted by Gasteiger charge is 2.22. The van der Waals surface area contributed by atoms with Crippen molar-refractivity contribution in [2.45, 2.75) is 26.8 Å². The van der Waals surface area contributed by atoms with Gasteiger partial charge in [-0.2, -0.15) is 10.4 Å². The van der Waals surface area contributed by atoms with Gasteiger partial charge in [0.05, 0.1) is 22.0 Å². The minimum atomic E-state index is -0.557. The first-order valence-corrected chi connectivity index (χ1v) is 10.1. The smallest absolute Gasteiger partial charge is 0.274 e. The van der Waals surface area contributed by atoms with Gasteiger partial charge in [-0.05, 0) is 50.6 Å². The summed E-state index contributed by atoms with van der Waals surface area (Å²) in [4.78, 5) is 25.9. The number of nitrogens with zero attached hydrogens (tertiary/aromatic N) is 3. The largest absolute Gasteiger partial charge is 0.350 e. The molecule has 3 aromatic rings. The topological polar surface area (TPSA) is 99.8 Å². The zero-order chi connectivity index (χ0) is 22.7. The first-order chi connectivity index (χ1) is 14.7. The molecule has 1 heterocycles. The summed E-state index contributed by atoms with van der Waals surface area (Å²) in [6.45, 7) is 5.40. The van der Waals surface area contributed by atoms with Gasteiger partial charge in [0.2, 0.25) is 0 Å². The molecule has 0 unspecified atom stereocenters. The molecule has 0 aliphatic heterocycles. The first-order valence-electron chi connectivity index (χ1n) is 9.38. The number of carbonyl (C=O) groups is 2. The molecule has 3 rings (SSSR count). The van der Waals surface area contributed by atoms with Crippen LogP contribution in [-0.2, 0) is 0 Å². The normalized spacial score (nSPS) is 10.6. The van der Waals surface area contributed by atoms with E-state index in [1.807, 2.05) is 19.9 Å². The summed E-state index contributed by atoms with van der Waals surface area (Å²) < 4.78 is 1.30. The molecule has 0 fully saturated rings. The molecule has 0 atom stereocenters. The van der Waals surface area contributed by atoms with Crippen molar-refractivity contribution in [3.63, 3.8) is 0 Å². The van der Waals surface area contributed by atoms with Crippen LogP contribution >= 0.6 is 23.2 Å². The number of carbonyl (C=O) groups excluding carboxylic acids is 2. The maximum Gasteiger partial charge on any atom is 0.274 e. The number of amides is 2. The standard InChI is InChI=1S/C22H19Cl2N5O2/c1-12(2)26-21(30)16-9-14(23)8-13(3)20(16)27-22(31)19-10-15(11-25)28-29(19)18-7-5-4-6-17(18)24/h4-10,12H,1-3H3,(H,26,30)(H,27,31). The van der Waals surface area contributed by atoms with Crippen LogP contribution in [0.1, 0.15) is 46.0 Å². The third-order valence-electron chi connectivity index (χ3n) is 4.34. The van der Waals surface area contributed by atoms with Gasteiger partial charge >= 0.3 is 0 Å². The fourth-order valence-electron chi connectivity index (χ4n) is 3.01. The Balaban J connectivity index is 2.06. The Hall–Kier alpha value is -3.34. The molecular formula is C22H19Cl2N5O2. The molecule has 0 aliphatic rings. The fourth-order valence-corrected chi connectivity index (χ4v) is 3.50. The molecule has 0 saturated heterocycles. The molecule has 31 heavy (non-hydrogen) atoms. The molecule has 0 spiro atoms. The van der Waals surface area contributed by atoms with E-state index in [0.717, 1.165) is 0 Å². The van der Waals surface area contributed by atoms with Crippen molar-refractivity contribution >= 4 is 40.7 Å². The van der Waals surface area contributed by atoms with Gasteiger partial charge in [0.25, 0.3) is 11.8 Å². The number of nitrogens with one attached hydrogen (secondary N) is 2. The summed E-state index contributed by atoms with van der Waals surface area (Å²) in [5.74, 6) is -0.925. The van der Waals surface area contributed by atoms with Crippen molar-refractivity contribution in [1.82, 2.24) is 15.1 Å². The van der Waals surface area contributed by atoms with Crippen molar-refractivity contribution in [2.75, 3.05) is 5.32 Å². The Morgan fingerprint density at radius 2 is 1.84 bits per heavy atom. The fraction of sp³-hybridized carbons (Fsp3) is 0.182. The molecule has 1 aromatic heterocycles. The van der Waals surface area contributed by atoms with Crippen LogP contribution in [-0.4, -0.2) is 27.6 Å². The maximum atomic E-state index is 13.2. The van der Waals surface area contributed by atoms with Gasteiger partial charge in [-0.1, -0.05) is 35.3 Å². The lowest BCUT2D eigenvalue weighted by Crippen LogP contribution is -2.31. The van der Waals surface area contributed by atoms with E-state index in [1.165, 1.54) is 16.8 Å². The van der Waals surface area contributed by atoms with E-state index in [1.54, 1.807) is 37.3 Å². The van der Waals surface area contributed by atoms with Gasteiger partial charge in [-0.15, -0.1) is 0 Å². The summed E-state index contributed by atoms with van der Waals surface area (Å²) in [5, 5.41) is 19.8. The van der Waals surface area contributed by atoms with E-state index in [2.05, 4.69) is 15.7 Å². The van der Waals surface area contributed by atoms with E-state index in [4.69, 9.17) is 23.2 Å². The van der Waals surface area contributed by atoms with Gasteiger partial charge in [0.1, 0.15) is 11.8 Å². The van der Waals surface area contributed by atoms with Crippen molar-refractivity contribution in [2.24, 2.45) is 0 Å². The third kappa shape index (κ3) is 4.88. The SMILES string of the molecule is Cc1cc(Cl)cc(C(=O)NC(C)C)c1NC(=O)c1cc(C#N)nn1-c1ccccc1Cl. The number of aryl methyl sites for hydroxylation is 1. The number of hydrogen-bond donors (Lipinski definition) is 2. The summed E-state index contributed by atoms with van der Waals surface area (Å²) in [7, 11) is 0. The second kappa shape index (κ2) is 9.21. The third-order valence-corrected chi connectivity index (χ3v) is 4.88. The van der Waals surface area contributed by atoms with Crippen LogP contribution in [0.3, 0.4) is 0 Å². The van der Waals surface area contributed by atoms with Crippen LogP contribution in [0.25, 0.3) is 5.69 Å². The van der Waals surface area contributed by atoms with Gasteiger partial charge in [-0.25, -0.2) is 4.68 Å². The molecule has 0 bridgehead atoms. The number of benzene rings is 2. The quantitative estimate of drug-likeness (QED) is 0.579. The lowest BCUT2D eigenvalue weighted by Gasteiger charge is -2.16. The van der Waals surface area contributed by atoms with Crippen LogP contribution in [0.2, 0.25) is 10.0 Å². The van der Waals surface area contributed by atoms with Crippen LogP contribution in [0, 0.1) is 18.3 Å². The highest BCUT2D eigenvalue weighted by atomic mass is 35.5. The summed E-state index contributed by atoms with van der Waals surface area (Å²) in [6, 6.07) is 13.2.